The molecule has 1 saturated heterocycles. The second-order valence-electron chi connectivity index (χ2n) is 7.25. The number of rotatable bonds is 2. The van der Waals surface area contributed by atoms with Crippen LogP contribution in [0, 0.1) is 3.57 Å². The minimum atomic E-state index is -0.468. The maximum Gasteiger partial charge on any atom is 0.410 e. The van der Waals surface area contributed by atoms with E-state index in [1.54, 1.807) is 0 Å². The van der Waals surface area contributed by atoms with Gasteiger partial charge >= 0.3 is 6.09 Å². The maximum atomic E-state index is 12.4. The van der Waals surface area contributed by atoms with Crippen LogP contribution in [0.2, 0.25) is 0 Å². The molecule has 2 aliphatic rings. The van der Waals surface area contributed by atoms with Gasteiger partial charge in [0.15, 0.2) is 0 Å². The smallest absolute Gasteiger partial charge is 0.410 e. The first-order valence-corrected chi connectivity index (χ1v) is 9.42. The summed E-state index contributed by atoms with van der Waals surface area (Å²) in [7, 11) is 0. The van der Waals surface area contributed by atoms with Crippen molar-refractivity contribution >= 4 is 40.0 Å². The standard InChI is InChI=1S/C19H23IN2O2/c1-19(2,3)24-18(23)22-10-4-5-17(22)16-11-14(12-21-16)13-6-8-15(20)9-7-13/h6-9,11,17H,4-5,10,12H2,1-3H3/t17-/m0/s1. The Balaban J connectivity index is 1.74. The third-order valence-electron chi connectivity index (χ3n) is 4.19. The number of ether oxygens (including phenoxy) is 1. The van der Waals surface area contributed by atoms with Crippen LogP contribution in [0.5, 0.6) is 0 Å². The van der Waals surface area contributed by atoms with Gasteiger partial charge in [-0.3, -0.25) is 9.89 Å². The van der Waals surface area contributed by atoms with Gasteiger partial charge in [0, 0.05) is 10.1 Å². The Bertz CT molecular complexity index is 686. The van der Waals surface area contributed by atoms with Gasteiger partial charge in [-0.2, -0.15) is 0 Å². The van der Waals surface area contributed by atoms with Gasteiger partial charge in [0.2, 0.25) is 0 Å². The molecule has 1 fully saturated rings. The van der Waals surface area contributed by atoms with E-state index in [9.17, 15) is 4.79 Å². The predicted octanol–water partition coefficient (Wildman–Crippen LogP) is 4.53. The van der Waals surface area contributed by atoms with Crippen molar-refractivity contribution in [2.75, 3.05) is 13.1 Å². The largest absolute Gasteiger partial charge is 0.444 e. The molecule has 2 aliphatic heterocycles. The fourth-order valence-corrected chi connectivity index (χ4v) is 3.46. The molecule has 0 aliphatic carbocycles. The SMILES string of the molecule is CC(C)(C)OC(=O)N1CCC[C@H]1C1=NCC(c2ccc(I)cc2)=C1. The third kappa shape index (κ3) is 3.99. The molecule has 0 spiro atoms. The number of hydrogen-bond acceptors (Lipinski definition) is 3. The fourth-order valence-electron chi connectivity index (χ4n) is 3.10. The molecule has 1 aromatic carbocycles. The van der Waals surface area contributed by atoms with Gasteiger partial charge in [-0.05, 0) is 85.5 Å². The summed E-state index contributed by atoms with van der Waals surface area (Å²) < 4.78 is 6.77. The first kappa shape index (κ1) is 17.5. The number of amides is 1. The van der Waals surface area contributed by atoms with E-state index in [2.05, 4.69) is 52.9 Å². The molecule has 24 heavy (non-hydrogen) atoms. The third-order valence-corrected chi connectivity index (χ3v) is 4.91. The molecule has 1 aromatic rings. The Morgan fingerprint density at radius 1 is 1.29 bits per heavy atom. The first-order chi connectivity index (χ1) is 11.3. The molecule has 0 aromatic heterocycles. The van der Waals surface area contributed by atoms with Crippen molar-refractivity contribution in [1.82, 2.24) is 4.90 Å². The average Bonchev–Trinajstić information content (AvgIpc) is 3.15. The summed E-state index contributed by atoms with van der Waals surface area (Å²) in [5, 5.41) is 0. The van der Waals surface area contributed by atoms with Crippen LogP contribution in [0.1, 0.15) is 39.2 Å². The van der Waals surface area contributed by atoms with Crippen LogP contribution < -0.4 is 0 Å². The van der Waals surface area contributed by atoms with Gasteiger partial charge in [0.1, 0.15) is 5.60 Å². The molecule has 0 bridgehead atoms. The summed E-state index contributed by atoms with van der Waals surface area (Å²) in [5.74, 6) is 0. The van der Waals surface area contributed by atoms with E-state index in [0.29, 0.717) is 6.54 Å². The molecule has 1 atom stereocenters. The quantitative estimate of drug-likeness (QED) is 0.637. The van der Waals surface area contributed by atoms with E-state index in [-0.39, 0.29) is 12.1 Å². The summed E-state index contributed by atoms with van der Waals surface area (Å²) in [6, 6.07) is 8.52. The lowest BCUT2D eigenvalue weighted by molar-refractivity contribution is 0.0266. The number of benzene rings is 1. The molecule has 4 nitrogen and oxygen atoms in total. The van der Waals surface area contributed by atoms with Crippen molar-refractivity contribution in [3.05, 3.63) is 39.5 Å². The van der Waals surface area contributed by atoms with Crippen molar-refractivity contribution in [3.63, 3.8) is 0 Å². The first-order valence-electron chi connectivity index (χ1n) is 8.34. The highest BCUT2D eigenvalue weighted by Gasteiger charge is 2.35. The van der Waals surface area contributed by atoms with E-state index in [1.807, 2.05) is 25.7 Å². The van der Waals surface area contributed by atoms with Crippen molar-refractivity contribution < 1.29 is 9.53 Å². The van der Waals surface area contributed by atoms with Crippen LogP contribution in [-0.2, 0) is 4.74 Å². The lowest BCUT2D eigenvalue weighted by Gasteiger charge is -2.28. The van der Waals surface area contributed by atoms with Crippen molar-refractivity contribution in [3.8, 4) is 0 Å². The minimum Gasteiger partial charge on any atom is -0.444 e. The van der Waals surface area contributed by atoms with E-state index in [4.69, 9.17) is 9.73 Å². The van der Waals surface area contributed by atoms with Crippen molar-refractivity contribution in [2.45, 2.75) is 45.3 Å². The zero-order chi connectivity index (χ0) is 17.3. The summed E-state index contributed by atoms with van der Waals surface area (Å²) in [6.07, 6.45) is 3.86. The van der Waals surface area contributed by atoms with E-state index < -0.39 is 5.60 Å². The number of carbonyl (C=O) groups excluding carboxylic acids is 1. The molecular weight excluding hydrogens is 415 g/mol. The molecule has 0 saturated carbocycles. The second-order valence-corrected chi connectivity index (χ2v) is 8.49. The van der Waals surface area contributed by atoms with Crippen LogP contribution in [0.4, 0.5) is 4.79 Å². The van der Waals surface area contributed by atoms with Crippen LogP contribution in [0.25, 0.3) is 5.57 Å². The van der Waals surface area contributed by atoms with Crippen LogP contribution in [0.15, 0.2) is 35.3 Å². The predicted molar refractivity (Wildman–Crippen MR) is 105 cm³/mol. The highest BCUT2D eigenvalue weighted by Crippen LogP contribution is 2.27. The van der Waals surface area contributed by atoms with Gasteiger partial charge in [-0.1, -0.05) is 12.1 Å². The van der Waals surface area contributed by atoms with Crippen molar-refractivity contribution in [2.24, 2.45) is 4.99 Å². The molecule has 1 amide bonds. The molecular formula is C19H23IN2O2. The van der Waals surface area contributed by atoms with Crippen molar-refractivity contribution in [1.29, 1.82) is 0 Å². The maximum absolute atomic E-state index is 12.4. The monoisotopic (exact) mass is 438 g/mol. The van der Waals surface area contributed by atoms with E-state index >= 15 is 0 Å². The zero-order valence-electron chi connectivity index (χ0n) is 14.4. The number of aliphatic imine (C=N–C) groups is 1. The Kier molecular flexibility index (Phi) is 4.99. The zero-order valence-corrected chi connectivity index (χ0v) is 16.5. The van der Waals surface area contributed by atoms with Gasteiger partial charge in [-0.25, -0.2) is 4.79 Å². The minimum absolute atomic E-state index is 0.0428. The van der Waals surface area contributed by atoms with Crippen LogP contribution >= 0.6 is 22.6 Å². The van der Waals surface area contributed by atoms with E-state index in [0.717, 1.165) is 25.1 Å². The summed E-state index contributed by atoms with van der Waals surface area (Å²) in [4.78, 5) is 19.0. The van der Waals surface area contributed by atoms with E-state index in [1.165, 1.54) is 14.7 Å². The Morgan fingerprint density at radius 2 is 2.00 bits per heavy atom. The summed E-state index contributed by atoms with van der Waals surface area (Å²) in [6.45, 7) is 7.13. The van der Waals surface area contributed by atoms with Gasteiger partial charge in [-0.15, -0.1) is 0 Å². The highest BCUT2D eigenvalue weighted by atomic mass is 127. The Morgan fingerprint density at radius 3 is 2.67 bits per heavy atom. The van der Waals surface area contributed by atoms with Crippen LogP contribution in [-0.4, -0.2) is 41.4 Å². The number of hydrogen-bond donors (Lipinski definition) is 0. The molecule has 0 unspecified atom stereocenters. The average molecular weight is 438 g/mol. The number of carbonyl (C=O) groups is 1. The molecule has 0 radical (unpaired) electrons. The molecule has 128 valence electrons. The topological polar surface area (TPSA) is 41.9 Å². The number of halogens is 1. The molecule has 5 heteroatoms. The number of likely N-dealkylation sites (tertiary alicyclic amines) is 1. The molecule has 0 N–H and O–H groups in total. The molecule has 2 heterocycles. The van der Waals surface area contributed by atoms with Gasteiger partial charge in [0.05, 0.1) is 18.3 Å². The Hall–Kier alpha value is -1.37. The lowest BCUT2D eigenvalue weighted by Crippen LogP contribution is -2.42. The second kappa shape index (κ2) is 6.86. The van der Waals surface area contributed by atoms with Gasteiger partial charge < -0.3 is 4.74 Å². The summed E-state index contributed by atoms with van der Waals surface area (Å²) in [5.41, 5.74) is 2.96. The lowest BCUT2D eigenvalue weighted by atomic mass is 10.0. The summed E-state index contributed by atoms with van der Waals surface area (Å²) >= 11 is 2.31. The fraction of sp³-hybridized carbons (Fsp3) is 0.474. The van der Waals surface area contributed by atoms with Gasteiger partial charge in [0.25, 0.3) is 0 Å². The highest BCUT2D eigenvalue weighted by molar-refractivity contribution is 14.1. The number of nitrogens with zero attached hydrogens (tertiary/aromatic N) is 2. The normalized spacial score (nSPS) is 20.8. The molecule has 3 rings (SSSR count). The Labute approximate surface area is 157 Å². The van der Waals surface area contributed by atoms with Crippen LogP contribution in [0.3, 0.4) is 0 Å².